The summed E-state index contributed by atoms with van der Waals surface area (Å²) >= 11 is 1.66. The van der Waals surface area contributed by atoms with E-state index in [-0.39, 0.29) is 11.1 Å². The lowest BCUT2D eigenvalue weighted by atomic mass is 10.1. The zero-order valence-electron chi connectivity index (χ0n) is 9.30. The molecule has 0 bridgehead atoms. The number of thioether (sulfide) groups is 1. The zero-order chi connectivity index (χ0) is 12.3. The average Bonchev–Trinajstić information content (AvgIpc) is 2.77. The third-order valence-corrected chi connectivity index (χ3v) is 4.08. The van der Waals surface area contributed by atoms with Crippen molar-refractivity contribution in [3.8, 4) is 5.75 Å². The molecule has 3 N–H and O–H groups in total. The lowest BCUT2D eigenvalue weighted by Gasteiger charge is -2.10. The number of aromatic hydroxyl groups is 1. The van der Waals surface area contributed by atoms with Crippen molar-refractivity contribution in [2.24, 2.45) is 0 Å². The van der Waals surface area contributed by atoms with Gasteiger partial charge in [-0.3, -0.25) is 10.1 Å². The van der Waals surface area contributed by atoms with Gasteiger partial charge in [0.05, 0.1) is 5.37 Å². The second-order valence-corrected chi connectivity index (χ2v) is 5.32. The van der Waals surface area contributed by atoms with Crippen LogP contribution in [0.1, 0.15) is 12.0 Å². The Labute approximate surface area is 104 Å². The van der Waals surface area contributed by atoms with Crippen molar-refractivity contribution in [3.63, 3.8) is 0 Å². The van der Waals surface area contributed by atoms with E-state index in [2.05, 4.69) is 5.32 Å². The first-order valence-electron chi connectivity index (χ1n) is 5.53. The Bertz CT molecular complexity index is 393. The maximum Gasteiger partial charge on any atom is 0.321 e. The first kappa shape index (κ1) is 12.3. The molecule has 17 heavy (non-hydrogen) atoms. The molecule has 1 aliphatic heterocycles. The van der Waals surface area contributed by atoms with Gasteiger partial charge in [0.15, 0.2) is 0 Å². The van der Waals surface area contributed by atoms with Crippen LogP contribution in [0.3, 0.4) is 0 Å². The van der Waals surface area contributed by atoms with E-state index in [1.807, 2.05) is 12.1 Å². The summed E-state index contributed by atoms with van der Waals surface area (Å²) in [4.78, 5) is 10.8. The molecule has 0 radical (unpaired) electrons. The molecule has 0 aliphatic carbocycles. The lowest BCUT2D eigenvalue weighted by Crippen LogP contribution is -2.36. The second-order valence-electron chi connectivity index (χ2n) is 4.08. The predicted octanol–water partition coefficient (Wildman–Crippen LogP) is 1.44. The Morgan fingerprint density at radius 1 is 1.41 bits per heavy atom. The fraction of sp³-hybridized carbons (Fsp3) is 0.417. The van der Waals surface area contributed by atoms with Gasteiger partial charge >= 0.3 is 5.97 Å². The average molecular weight is 253 g/mol. The Morgan fingerprint density at radius 3 is 2.71 bits per heavy atom. The summed E-state index contributed by atoms with van der Waals surface area (Å²) in [6.45, 7) is 0. The monoisotopic (exact) mass is 253 g/mol. The van der Waals surface area contributed by atoms with Gasteiger partial charge in [0, 0.05) is 5.75 Å². The van der Waals surface area contributed by atoms with Gasteiger partial charge in [0.1, 0.15) is 11.8 Å². The number of rotatable bonds is 4. The molecule has 2 unspecified atom stereocenters. The van der Waals surface area contributed by atoms with Crippen molar-refractivity contribution in [1.29, 1.82) is 0 Å². The number of hydrogen-bond acceptors (Lipinski definition) is 4. The van der Waals surface area contributed by atoms with Gasteiger partial charge in [-0.25, -0.2) is 0 Å². The van der Waals surface area contributed by atoms with Crippen LogP contribution in [0.15, 0.2) is 24.3 Å². The number of nitrogens with one attached hydrogen (secondary N) is 1. The molecule has 0 saturated carbocycles. The molecule has 2 atom stereocenters. The number of phenols is 1. The predicted molar refractivity (Wildman–Crippen MR) is 67.2 cm³/mol. The molecule has 1 aromatic rings. The summed E-state index contributed by atoms with van der Waals surface area (Å²) in [5.74, 6) is 0.132. The number of aliphatic carboxylic acids is 1. The maximum absolute atomic E-state index is 10.8. The van der Waals surface area contributed by atoms with E-state index in [9.17, 15) is 4.79 Å². The van der Waals surface area contributed by atoms with Crippen molar-refractivity contribution in [1.82, 2.24) is 5.32 Å². The summed E-state index contributed by atoms with van der Waals surface area (Å²) in [6, 6.07) is 6.72. The Morgan fingerprint density at radius 2 is 2.12 bits per heavy atom. The van der Waals surface area contributed by atoms with Gasteiger partial charge in [0.25, 0.3) is 0 Å². The highest BCUT2D eigenvalue weighted by Gasteiger charge is 2.28. The molecule has 1 heterocycles. The summed E-state index contributed by atoms with van der Waals surface area (Å²) < 4.78 is 0. The van der Waals surface area contributed by atoms with Gasteiger partial charge in [-0.05, 0) is 30.5 Å². The number of phenolic OH excluding ortho intramolecular Hbond substituents is 1. The van der Waals surface area contributed by atoms with Crippen molar-refractivity contribution in [2.75, 3.05) is 5.75 Å². The summed E-state index contributed by atoms with van der Waals surface area (Å²) in [5, 5.41) is 21.3. The largest absolute Gasteiger partial charge is 0.508 e. The van der Waals surface area contributed by atoms with Gasteiger partial charge in [-0.2, -0.15) is 0 Å². The molecule has 92 valence electrons. The molecule has 2 rings (SSSR count). The minimum absolute atomic E-state index is 0.213. The van der Waals surface area contributed by atoms with Gasteiger partial charge < -0.3 is 10.2 Å². The minimum atomic E-state index is -0.773. The third kappa shape index (κ3) is 3.38. The molecular weight excluding hydrogens is 238 g/mol. The number of carbonyl (C=O) groups is 1. The number of hydrogen-bond donors (Lipinski definition) is 3. The van der Waals surface area contributed by atoms with Crippen LogP contribution in [-0.2, 0) is 11.2 Å². The smallest absolute Gasteiger partial charge is 0.321 e. The van der Waals surface area contributed by atoms with Crippen molar-refractivity contribution in [3.05, 3.63) is 29.8 Å². The first-order valence-corrected chi connectivity index (χ1v) is 6.58. The fourth-order valence-electron chi connectivity index (χ4n) is 1.80. The van der Waals surface area contributed by atoms with Crippen LogP contribution in [0.4, 0.5) is 0 Å². The van der Waals surface area contributed by atoms with E-state index in [4.69, 9.17) is 10.2 Å². The normalized spacial score (nSPS) is 23.8. The summed E-state index contributed by atoms with van der Waals surface area (Å²) in [7, 11) is 0. The maximum atomic E-state index is 10.8. The van der Waals surface area contributed by atoms with Crippen molar-refractivity contribution >= 4 is 17.7 Å². The first-order chi connectivity index (χ1) is 8.15. The highest BCUT2D eigenvalue weighted by Crippen LogP contribution is 2.23. The van der Waals surface area contributed by atoms with E-state index < -0.39 is 12.0 Å². The molecule has 0 amide bonds. The standard InChI is InChI=1S/C12H15NO3S/c14-9-4-1-8(2-5-9)3-6-11-13-10(7-17-11)12(15)16/h1-2,4-5,10-11,13-14H,3,6-7H2,(H,15,16). The van der Waals surface area contributed by atoms with Crippen molar-refractivity contribution < 1.29 is 15.0 Å². The topological polar surface area (TPSA) is 69.6 Å². The third-order valence-electron chi connectivity index (χ3n) is 2.78. The number of benzene rings is 1. The van der Waals surface area contributed by atoms with E-state index in [1.165, 1.54) is 0 Å². The van der Waals surface area contributed by atoms with Crippen LogP contribution in [0.5, 0.6) is 5.75 Å². The van der Waals surface area contributed by atoms with Crippen molar-refractivity contribution in [2.45, 2.75) is 24.3 Å². The number of carboxylic acids is 1. The van der Waals surface area contributed by atoms with Crippen LogP contribution in [-0.4, -0.2) is 33.4 Å². The quantitative estimate of drug-likeness (QED) is 0.757. The molecule has 0 spiro atoms. The highest BCUT2D eigenvalue weighted by atomic mass is 32.2. The SMILES string of the molecule is O=C(O)C1CSC(CCc2ccc(O)cc2)N1. The lowest BCUT2D eigenvalue weighted by molar-refractivity contribution is -0.138. The summed E-state index contributed by atoms with van der Waals surface area (Å²) in [6.07, 6.45) is 1.79. The minimum Gasteiger partial charge on any atom is -0.508 e. The zero-order valence-corrected chi connectivity index (χ0v) is 10.1. The molecular formula is C12H15NO3S. The molecule has 5 heteroatoms. The van der Waals surface area contributed by atoms with Crippen LogP contribution in [0.2, 0.25) is 0 Å². The molecule has 4 nitrogen and oxygen atoms in total. The molecule has 1 aliphatic rings. The van der Waals surface area contributed by atoms with Crippen LogP contribution < -0.4 is 5.32 Å². The number of aryl methyl sites for hydroxylation is 1. The van der Waals surface area contributed by atoms with Crippen LogP contribution >= 0.6 is 11.8 Å². The van der Waals surface area contributed by atoms with E-state index in [1.54, 1.807) is 23.9 Å². The van der Waals surface area contributed by atoms with E-state index in [0.717, 1.165) is 18.4 Å². The molecule has 1 saturated heterocycles. The Kier molecular flexibility index (Phi) is 3.91. The Hall–Kier alpha value is -1.20. The fourth-order valence-corrected chi connectivity index (χ4v) is 3.01. The highest BCUT2D eigenvalue weighted by molar-refractivity contribution is 8.00. The molecule has 1 aromatic carbocycles. The van der Waals surface area contributed by atoms with Crippen LogP contribution in [0.25, 0.3) is 0 Å². The van der Waals surface area contributed by atoms with Crippen LogP contribution in [0, 0.1) is 0 Å². The second kappa shape index (κ2) is 5.42. The van der Waals surface area contributed by atoms with E-state index >= 15 is 0 Å². The number of carboxylic acid groups (broad SMARTS) is 1. The van der Waals surface area contributed by atoms with Gasteiger partial charge in [0.2, 0.25) is 0 Å². The Balaban J connectivity index is 1.80. The van der Waals surface area contributed by atoms with Gasteiger partial charge in [-0.15, -0.1) is 11.8 Å². The van der Waals surface area contributed by atoms with Gasteiger partial charge in [-0.1, -0.05) is 12.1 Å². The summed E-state index contributed by atoms with van der Waals surface area (Å²) in [5.41, 5.74) is 1.16. The molecule has 0 aromatic heterocycles. The van der Waals surface area contributed by atoms with E-state index in [0.29, 0.717) is 5.75 Å². The molecule has 1 fully saturated rings.